The van der Waals surface area contributed by atoms with Gasteiger partial charge in [-0.15, -0.1) is 0 Å². The van der Waals surface area contributed by atoms with Crippen molar-refractivity contribution >= 4 is 11.6 Å². The Kier molecular flexibility index (Phi) is 6.80. The van der Waals surface area contributed by atoms with Gasteiger partial charge in [-0.25, -0.2) is 0 Å². The van der Waals surface area contributed by atoms with Crippen LogP contribution in [-0.2, 0) is 9.53 Å². The molecular weight excluding hydrogens is 388 g/mol. The first kappa shape index (κ1) is 21.3. The molecule has 0 N–H and O–H groups in total. The van der Waals surface area contributed by atoms with Crippen LogP contribution in [0.1, 0.15) is 70.6 Å². The van der Waals surface area contributed by atoms with E-state index in [-0.39, 0.29) is 18.6 Å². The zero-order chi connectivity index (χ0) is 21.0. The number of amides is 1. The minimum atomic E-state index is 0.0871. The van der Waals surface area contributed by atoms with E-state index in [0.29, 0.717) is 12.7 Å². The molecule has 1 atom stereocenters. The summed E-state index contributed by atoms with van der Waals surface area (Å²) in [6.45, 7) is 3.38. The lowest BCUT2D eigenvalue weighted by Gasteiger charge is -2.44. The number of ether oxygens (including phenoxy) is 2. The van der Waals surface area contributed by atoms with E-state index in [4.69, 9.17) is 9.47 Å². The van der Waals surface area contributed by atoms with Crippen molar-refractivity contribution < 1.29 is 14.3 Å². The van der Waals surface area contributed by atoms with Crippen LogP contribution in [0.3, 0.4) is 0 Å². The highest BCUT2D eigenvalue weighted by molar-refractivity contribution is 5.95. The normalized spacial score (nSPS) is 30.8. The molecule has 31 heavy (non-hydrogen) atoms. The quantitative estimate of drug-likeness (QED) is 0.656. The van der Waals surface area contributed by atoms with Crippen LogP contribution in [0.15, 0.2) is 24.3 Å². The fraction of sp³-hybridized carbons (Fsp3) is 0.731. The van der Waals surface area contributed by atoms with Gasteiger partial charge >= 0.3 is 0 Å². The molecule has 0 aromatic heterocycles. The molecule has 2 aliphatic heterocycles. The summed E-state index contributed by atoms with van der Waals surface area (Å²) in [5.74, 6) is 1.74. The molecule has 2 saturated heterocycles. The molecule has 0 radical (unpaired) electrons. The maximum absolute atomic E-state index is 12.7. The van der Waals surface area contributed by atoms with E-state index < -0.39 is 0 Å². The first-order chi connectivity index (χ1) is 15.3. The highest BCUT2D eigenvalue weighted by Crippen LogP contribution is 2.34. The van der Waals surface area contributed by atoms with Gasteiger partial charge in [0.05, 0.1) is 12.6 Å². The molecule has 5 nitrogen and oxygen atoms in total. The van der Waals surface area contributed by atoms with E-state index in [2.05, 4.69) is 17.0 Å². The van der Waals surface area contributed by atoms with Gasteiger partial charge in [-0.2, -0.15) is 0 Å². The molecule has 0 bridgehead atoms. The third-order valence-electron chi connectivity index (χ3n) is 7.89. The molecule has 2 aliphatic carbocycles. The van der Waals surface area contributed by atoms with Gasteiger partial charge in [0.25, 0.3) is 5.91 Å². The summed E-state index contributed by atoms with van der Waals surface area (Å²) in [5, 5.41) is 0. The number of rotatable bonds is 6. The van der Waals surface area contributed by atoms with Gasteiger partial charge in [0.2, 0.25) is 0 Å². The second kappa shape index (κ2) is 9.91. The third-order valence-corrected chi connectivity index (χ3v) is 7.89. The first-order valence-corrected chi connectivity index (χ1v) is 12.7. The summed E-state index contributed by atoms with van der Waals surface area (Å²) in [6, 6.07) is 9.10. The van der Waals surface area contributed by atoms with E-state index in [9.17, 15) is 4.79 Å². The number of piperidine rings is 1. The fourth-order valence-electron chi connectivity index (χ4n) is 6.06. The van der Waals surface area contributed by atoms with Crippen LogP contribution in [0.2, 0.25) is 0 Å². The number of benzene rings is 1. The molecule has 0 unspecified atom stereocenters. The molecule has 5 rings (SSSR count). The molecule has 4 fully saturated rings. The minimum Gasteiger partial charge on any atom is -0.490 e. The van der Waals surface area contributed by atoms with E-state index >= 15 is 0 Å². The van der Waals surface area contributed by atoms with Crippen molar-refractivity contribution in [2.24, 2.45) is 5.92 Å². The molecular formula is C26H38N2O3. The van der Waals surface area contributed by atoms with Gasteiger partial charge in [-0.3, -0.25) is 4.79 Å². The van der Waals surface area contributed by atoms with Crippen molar-refractivity contribution in [3.05, 3.63) is 24.3 Å². The molecule has 1 amide bonds. The van der Waals surface area contributed by atoms with Crippen LogP contribution >= 0.6 is 0 Å². The Morgan fingerprint density at radius 1 is 0.935 bits per heavy atom. The summed E-state index contributed by atoms with van der Waals surface area (Å²) in [5.41, 5.74) is 0.987. The molecule has 0 spiro atoms. The molecule has 2 heterocycles. The van der Waals surface area contributed by atoms with Crippen molar-refractivity contribution in [1.29, 1.82) is 0 Å². The van der Waals surface area contributed by atoms with Crippen molar-refractivity contribution in [3.8, 4) is 5.75 Å². The lowest BCUT2D eigenvalue weighted by Crippen LogP contribution is -2.51. The first-order valence-electron chi connectivity index (χ1n) is 12.7. The van der Waals surface area contributed by atoms with Gasteiger partial charge in [0.15, 0.2) is 0 Å². The predicted molar refractivity (Wildman–Crippen MR) is 123 cm³/mol. The summed E-state index contributed by atoms with van der Waals surface area (Å²) in [4.78, 5) is 17.4. The SMILES string of the molecule is O=C1COC[C@H](CC2CCCCC2)N1c1ccc(OC2CC(N3CCCCC3)C2)cc1. The topological polar surface area (TPSA) is 42.0 Å². The Morgan fingerprint density at radius 3 is 2.39 bits per heavy atom. The van der Waals surface area contributed by atoms with Gasteiger partial charge in [0.1, 0.15) is 18.5 Å². The molecule has 4 aliphatic rings. The number of morpholine rings is 1. The monoisotopic (exact) mass is 426 g/mol. The largest absolute Gasteiger partial charge is 0.490 e. The predicted octanol–water partition coefficient (Wildman–Crippen LogP) is 4.78. The fourth-order valence-corrected chi connectivity index (χ4v) is 6.06. The summed E-state index contributed by atoms with van der Waals surface area (Å²) in [7, 11) is 0. The van der Waals surface area contributed by atoms with Crippen LogP contribution in [-0.4, -0.2) is 55.3 Å². The van der Waals surface area contributed by atoms with Gasteiger partial charge in [0, 0.05) is 24.6 Å². The minimum absolute atomic E-state index is 0.0871. The number of carbonyl (C=O) groups excluding carboxylic acids is 1. The Hall–Kier alpha value is -1.59. The lowest BCUT2D eigenvalue weighted by atomic mass is 9.84. The Labute approximate surface area is 187 Å². The highest BCUT2D eigenvalue weighted by atomic mass is 16.5. The van der Waals surface area contributed by atoms with Crippen LogP contribution in [0.4, 0.5) is 5.69 Å². The van der Waals surface area contributed by atoms with Gasteiger partial charge < -0.3 is 19.3 Å². The van der Waals surface area contributed by atoms with E-state index in [1.54, 1.807) is 0 Å². The molecule has 170 valence electrons. The molecule has 2 saturated carbocycles. The third kappa shape index (κ3) is 5.09. The summed E-state index contributed by atoms with van der Waals surface area (Å²) >= 11 is 0. The molecule has 1 aromatic carbocycles. The van der Waals surface area contributed by atoms with E-state index in [1.807, 2.05) is 17.0 Å². The Bertz CT molecular complexity index is 719. The van der Waals surface area contributed by atoms with Crippen LogP contribution in [0.5, 0.6) is 5.75 Å². The van der Waals surface area contributed by atoms with Crippen molar-refractivity contribution in [3.63, 3.8) is 0 Å². The zero-order valence-corrected chi connectivity index (χ0v) is 18.8. The van der Waals surface area contributed by atoms with E-state index in [1.165, 1.54) is 64.5 Å². The second-order valence-electron chi connectivity index (χ2n) is 10.1. The van der Waals surface area contributed by atoms with Crippen molar-refractivity contribution in [2.75, 3.05) is 31.2 Å². The Balaban J connectivity index is 1.16. The number of hydrogen-bond acceptors (Lipinski definition) is 4. The zero-order valence-electron chi connectivity index (χ0n) is 18.8. The lowest BCUT2D eigenvalue weighted by molar-refractivity contribution is -0.127. The van der Waals surface area contributed by atoms with Crippen LogP contribution in [0.25, 0.3) is 0 Å². The van der Waals surface area contributed by atoms with Crippen LogP contribution < -0.4 is 9.64 Å². The highest BCUT2D eigenvalue weighted by Gasteiger charge is 2.36. The average Bonchev–Trinajstić information content (AvgIpc) is 2.78. The number of nitrogens with zero attached hydrogens (tertiary/aromatic N) is 2. The molecule has 5 heteroatoms. The van der Waals surface area contributed by atoms with Gasteiger partial charge in [-0.1, -0.05) is 38.5 Å². The standard InChI is InChI=1S/C26H38N2O3/c29-26-19-30-18-23(15-20-7-3-1-4-8-20)28(26)21-9-11-24(12-10-21)31-25-16-22(17-25)27-13-5-2-6-14-27/h9-12,20,22-23,25H,1-8,13-19H2/t22?,23-,25?/m0/s1. The van der Waals surface area contributed by atoms with E-state index in [0.717, 1.165) is 42.7 Å². The average molecular weight is 427 g/mol. The van der Waals surface area contributed by atoms with Gasteiger partial charge in [-0.05, 0) is 62.5 Å². The number of hydrogen-bond donors (Lipinski definition) is 0. The second-order valence-corrected chi connectivity index (χ2v) is 10.1. The maximum Gasteiger partial charge on any atom is 0.253 e. The number of likely N-dealkylation sites (tertiary alicyclic amines) is 1. The number of carbonyl (C=O) groups is 1. The Morgan fingerprint density at radius 2 is 1.65 bits per heavy atom. The molecule has 1 aromatic rings. The summed E-state index contributed by atoms with van der Waals surface area (Å²) < 4.78 is 11.9. The summed E-state index contributed by atoms with van der Waals surface area (Å²) in [6.07, 6.45) is 14.4. The maximum atomic E-state index is 12.7. The van der Waals surface area contributed by atoms with Crippen molar-refractivity contribution in [1.82, 2.24) is 4.90 Å². The smallest absolute Gasteiger partial charge is 0.253 e. The van der Waals surface area contributed by atoms with Crippen molar-refractivity contribution in [2.45, 2.75) is 88.8 Å². The van der Waals surface area contributed by atoms with Crippen LogP contribution in [0, 0.1) is 5.92 Å². The number of anilines is 1.